The molecule has 3 aliphatic rings. The standard InChI is InChI=1S/C19H32N6O2/c1-15-13-25(23-22-15)7-6-21-18(26)19-4-2-17(24-8-10-27-11-9-24)12-16(19)3-5-20-14-19/h13,16-17,20H,2-12,14H2,1H3,(H,21,26)/t16-,17+,19-/m1/s1. The second-order valence-corrected chi connectivity index (χ2v) is 8.27. The van der Waals surface area contributed by atoms with Crippen LogP contribution in [0.3, 0.4) is 0 Å². The number of hydrogen-bond acceptors (Lipinski definition) is 6. The first kappa shape index (κ1) is 18.8. The van der Waals surface area contributed by atoms with Crippen LogP contribution in [0.4, 0.5) is 0 Å². The van der Waals surface area contributed by atoms with Crippen molar-refractivity contribution in [3.8, 4) is 0 Å². The molecule has 0 aromatic carbocycles. The van der Waals surface area contributed by atoms with Gasteiger partial charge < -0.3 is 15.4 Å². The van der Waals surface area contributed by atoms with Gasteiger partial charge in [0, 0.05) is 38.4 Å². The van der Waals surface area contributed by atoms with Gasteiger partial charge in [0.15, 0.2) is 0 Å². The number of amides is 1. The lowest BCUT2D eigenvalue weighted by Gasteiger charge is -2.50. The minimum Gasteiger partial charge on any atom is -0.379 e. The molecular formula is C19H32N6O2. The summed E-state index contributed by atoms with van der Waals surface area (Å²) >= 11 is 0. The van der Waals surface area contributed by atoms with Gasteiger partial charge in [-0.15, -0.1) is 5.10 Å². The Bertz CT molecular complexity index is 644. The fourth-order valence-electron chi connectivity index (χ4n) is 5.13. The number of carbonyl (C=O) groups excluding carboxylic acids is 1. The number of rotatable bonds is 5. The van der Waals surface area contributed by atoms with Gasteiger partial charge in [0.2, 0.25) is 5.91 Å². The summed E-state index contributed by atoms with van der Waals surface area (Å²) in [6, 6.07) is 0.607. The molecule has 1 amide bonds. The fourth-order valence-corrected chi connectivity index (χ4v) is 5.13. The summed E-state index contributed by atoms with van der Waals surface area (Å²) in [6.07, 6.45) is 6.21. The molecule has 1 aromatic heterocycles. The predicted molar refractivity (Wildman–Crippen MR) is 101 cm³/mol. The maximum atomic E-state index is 13.2. The van der Waals surface area contributed by atoms with Crippen LogP contribution in [0.5, 0.6) is 0 Å². The lowest BCUT2D eigenvalue weighted by atomic mass is 9.61. The molecule has 150 valence electrons. The molecule has 8 nitrogen and oxygen atoms in total. The molecule has 2 saturated heterocycles. The van der Waals surface area contributed by atoms with Crippen molar-refractivity contribution < 1.29 is 9.53 Å². The summed E-state index contributed by atoms with van der Waals surface area (Å²) in [5, 5.41) is 14.7. The van der Waals surface area contributed by atoms with Crippen LogP contribution in [-0.2, 0) is 16.1 Å². The van der Waals surface area contributed by atoms with Gasteiger partial charge in [0.25, 0.3) is 0 Å². The van der Waals surface area contributed by atoms with E-state index in [4.69, 9.17) is 4.74 Å². The summed E-state index contributed by atoms with van der Waals surface area (Å²) in [5.74, 6) is 0.686. The van der Waals surface area contributed by atoms with Crippen molar-refractivity contribution in [1.82, 2.24) is 30.5 Å². The van der Waals surface area contributed by atoms with Gasteiger partial charge in [-0.05, 0) is 45.1 Å². The smallest absolute Gasteiger partial charge is 0.227 e. The maximum absolute atomic E-state index is 13.2. The minimum absolute atomic E-state index is 0.219. The van der Waals surface area contributed by atoms with Crippen molar-refractivity contribution in [2.45, 2.75) is 45.2 Å². The van der Waals surface area contributed by atoms with E-state index >= 15 is 0 Å². The van der Waals surface area contributed by atoms with Crippen LogP contribution in [0.2, 0.25) is 0 Å². The molecule has 4 rings (SSSR count). The molecule has 3 atom stereocenters. The third-order valence-corrected chi connectivity index (χ3v) is 6.67. The Morgan fingerprint density at radius 3 is 3.04 bits per heavy atom. The van der Waals surface area contributed by atoms with Crippen molar-refractivity contribution in [3.05, 3.63) is 11.9 Å². The van der Waals surface area contributed by atoms with Gasteiger partial charge in [-0.25, -0.2) is 0 Å². The molecule has 0 bridgehead atoms. The van der Waals surface area contributed by atoms with Gasteiger partial charge >= 0.3 is 0 Å². The largest absolute Gasteiger partial charge is 0.379 e. The quantitative estimate of drug-likeness (QED) is 0.763. The predicted octanol–water partition coefficient (Wildman–Crippen LogP) is 0.183. The Labute approximate surface area is 161 Å². The number of hydrogen-bond donors (Lipinski definition) is 2. The highest BCUT2D eigenvalue weighted by molar-refractivity contribution is 5.83. The SMILES string of the molecule is Cc1cn(CCNC(=O)[C@@]23CC[C@H](N4CCOCC4)C[C@H]2CCNC3)nn1. The Morgan fingerprint density at radius 1 is 1.41 bits per heavy atom. The number of ether oxygens (including phenoxy) is 1. The number of morpholine rings is 1. The summed E-state index contributed by atoms with van der Waals surface area (Å²) in [7, 11) is 0. The van der Waals surface area contributed by atoms with Crippen LogP contribution in [0, 0.1) is 18.3 Å². The average Bonchev–Trinajstić information content (AvgIpc) is 3.13. The molecule has 3 heterocycles. The molecule has 0 spiro atoms. The molecule has 27 heavy (non-hydrogen) atoms. The summed E-state index contributed by atoms with van der Waals surface area (Å²) in [6.45, 7) is 8.77. The Balaban J connectivity index is 1.36. The van der Waals surface area contributed by atoms with E-state index in [1.807, 2.05) is 13.1 Å². The molecule has 8 heteroatoms. The van der Waals surface area contributed by atoms with Gasteiger partial charge in [-0.2, -0.15) is 0 Å². The lowest BCUT2D eigenvalue weighted by Crippen LogP contribution is -2.60. The normalized spacial score (nSPS) is 32.0. The van der Waals surface area contributed by atoms with E-state index in [1.54, 1.807) is 4.68 Å². The summed E-state index contributed by atoms with van der Waals surface area (Å²) in [4.78, 5) is 15.8. The number of piperidine rings is 1. The monoisotopic (exact) mass is 376 g/mol. The first-order valence-corrected chi connectivity index (χ1v) is 10.3. The Kier molecular flexibility index (Phi) is 5.75. The molecule has 1 aromatic rings. The molecule has 0 radical (unpaired) electrons. The number of carbonyl (C=O) groups is 1. The summed E-state index contributed by atoms with van der Waals surface area (Å²) in [5.41, 5.74) is 0.650. The molecule has 1 saturated carbocycles. The maximum Gasteiger partial charge on any atom is 0.227 e. The van der Waals surface area contributed by atoms with Crippen LogP contribution >= 0.6 is 0 Å². The van der Waals surface area contributed by atoms with Gasteiger partial charge in [-0.1, -0.05) is 5.21 Å². The number of nitrogens with zero attached hydrogens (tertiary/aromatic N) is 4. The first-order chi connectivity index (χ1) is 13.2. The Hall–Kier alpha value is -1.51. The minimum atomic E-state index is -0.251. The van der Waals surface area contributed by atoms with Crippen LogP contribution in [-0.4, -0.2) is 77.8 Å². The third-order valence-electron chi connectivity index (χ3n) is 6.67. The first-order valence-electron chi connectivity index (χ1n) is 10.3. The molecular weight excluding hydrogens is 344 g/mol. The van der Waals surface area contributed by atoms with E-state index in [9.17, 15) is 4.79 Å². The zero-order valence-electron chi connectivity index (χ0n) is 16.3. The van der Waals surface area contributed by atoms with E-state index in [0.717, 1.165) is 70.8 Å². The molecule has 1 aliphatic carbocycles. The fraction of sp³-hybridized carbons (Fsp3) is 0.842. The molecule has 3 fully saturated rings. The topological polar surface area (TPSA) is 84.3 Å². The number of nitrogens with one attached hydrogen (secondary N) is 2. The highest BCUT2D eigenvalue weighted by atomic mass is 16.5. The highest BCUT2D eigenvalue weighted by Gasteiger charge is 2.50. The van der Waals surface area contributed by atoms with E-state index < -0.39 is 0 Å². The van der Waals surface area contributed by atoms with Gasteiger partial charge in [-0.3, -0.25) is 14.4 Å². The second-order valence-electron chi connectivity index (χ2n) is 8.27. The van der Waals surface area contributed by atoms with Crippen molar-refractivity contribution in [3.63, 3.8) is 0 Å². The van der Waals surface area contributed by atoms with E-state index in [2.05, 4.69) is 25.8 Å². The zero-order chi connectivity index (χ0) is 18.7. The van der Waals surface area contributed by atoms with E-state index in [1.165, 1.54) is 0 Å². The van der Waals surface area contributed by atoms with Crippen molar-refractivity contribution in [1.29, 1.82) is 0 Å². The van der Waals surface area contributed by atoms with Gasteiger partial charge in [0.1, 0.15) is 0 Å². The number of aromatic nitrogens is 3. The van der Waals surface area contributed by atoms with Crippen LogP contribution < -0.4 is 10.6 Å². The van der Waals surface area contributed by atoms with Crippen LogP contribution in [0.15, 0.2) is 6.20 Å². The van der Waals surface area contributed by atoms with Crippen molar-refractivity contribution in [2.24, 2.45) is 11.3 Å². The van der Waals surface area contributed by atoms with Crippen molar-refractivity contribution >= 4 is 5.91 Å². The number of fused-ring (bicyclic) bond motifs is 1. The van der Waals surface area contributed by atoms with Gasteiger partial charge in [0.05, 0.1) is 30.9 Å². The third kappa shape index (κ3) is 4.02. The van der Waals surface area contributed by atoms with E-state index in [0.29, 0.717) is 25.0 Å². The average molecular weight is 377 g/mol. The Morgan fingerprint density at radius 2 is 2.26 bits per heavy atom. The highest BCUT2D eigenvalue weighted by Crippen LogP contribution is 2.46. The van der Waals surface area contributed by atoms with Crippen LogP contribution in [0.25, 0.3) is 0 Å². The van der Waals surface area contributed by atoms with Crippen molar-refractivity contribution in [2.75, 3.05) is 45.9 Å². The van der Waals surface area contributed by atoms with E-state index in [-0.39, 0.29) is 11.3 Å². The molecule has 2 N–H and O–H groups in total. The van der Waals surface area contributed by atoms with Crippen LogP contribution in [0.1, 0.15) is 31.4 Å². The molecule has 2 aliphatic heterocycles. The lowest BCUT2D eigenvalue weighted by molar-refractivity contribution is -0.140. The number of aryl methyl sites for hydroxylation is 1. The summed E-state index contributed by atoms with van der Waals surface area (Å²) < 4.78 is 7.30. The zero-order valence-corrected chi connectivity index (χ0v) is 16.3. The molecule has 0 unspecified atom stereocenters. The second kappa shape index (κ2) is 8.24.